The van der Waals surface area contributed by atoms with E-state index in [9.17, 15) is 22.0 Å². The normalized spacial score (nSPS) is 23.6. The Kier molecular flexibility index (Phi) is 4.83. The maximum atomic E-state index is 13.6. The van der Waals surface area contributed by atoms with Gasteiger partial charge in [-0.1, -0.05) is 6.92 Å². The summed E-state index contributed by atoms with van der Waals surface area (Å²) in [5, 5.41) is 0. The molecule has 118 valence electrons. The van der Waals surface area contributed by atoms with Crippen LogP contribution in [-0.2, 0) is 6.54 Å². The minimum atomic E-state index is -2.12. The van der Waals surface area contributed by atoms with Crippen molar-refractivity contribution in [1.82, 2.24) is 4.90 Å². The van der Waals surface area contributed by atoms with E-state index in [1.165, 1.54) is 0 Å². The van der Waals surface area contributed by atoms with Crippen molar-refractivity contribution in [2.45, 2.75) is 19.9 Å². The highest BCUT2D eigenvalue weighted by molar-refractivity contribution is 5.24. The van der Waals surface area contributed by atoms with Crippen molar-refractivity contribution in [2.24, 2.45) is 17.6 Å². The lowest BCUT2D eigenvalue weighted by Crippen LogP contribution is -2.42. The Bertz CT molecular complexity index is 506. The molecule has 1 saturated heterocycles. The number of nitrogens with zero attached hydrogens (tertiary/aromatic N) is 1. The summed E-state index contributed by atoms with van der Waals surface area (Å²) >= 11 is 0. The Morgan fingerprint density at radius 1 is 1.00 bits per heavy atom. The van der Waals surface area contributed by atoms with Crippen molar-refractivity contribution in [3.05, 3.63) is 34.6 Å². The fraction of sp³-hybridized carbons (Fsp3) is 0.571. The summed E-state index contributed by atoms with van der Waals surface area (Å²) in [4.78, 5) is 1.68. The van der Waals surface area contributed by atoms with Gasteiger partial charge in [0.15, 0.2) is 23.3 Å². The minimum Gasteiger partial charge on any atom is -0.330 e. The van der Waals surface area contributed by atoms with Crippen molar-refractivity contribution in [1.29, 1.82) is 0 Å². The summed E-state index contributed by atoms with van der Waals surface area (Å²) in [6, 6.07) is 0. The first-order valence-corrected chi connectivity index (χ1v) is 6.79. The number of rotatable bonds is 3. The minimum absolute atomic E-state index is 0.153. The first kappa shape index (κ1) is 16.2. The maximum absolute atomic E-state index is 13.6. The zero-order valence-electron chi connectivity index (χ0n) is 11.6. The molecule has 1 aromatic carbocycles. The number of hydrogen-bond donors (Lipinski definition) is 1. The van der Waals surface area contributed by atoms with Crippen LogP contribution in [0.15, 0.2) is 0 Å². The number of hydrogen-bond acceptors (Lipinski definition) is 2. The van der Waals surface area contributed by atoms with Crippen LogP contribution in [0.25, 0.3) is 0 Å². The molecule has 1 heterocycles. The molecule has 1 fully saturated rings. The summed E-state index contributed by atoms with van der Waals surface area (Å²) in [6.07, 6.45) is 0.775. The molecule has 0 bridgehead atoms. The van der Waals surface area contributed by atoms with Crippen LogP contribution in [0.3, 0.4) is 0 Å². The molecular formula is C14H17F5N2. The Morgan fingerprint density at radius 2 is 1.52 bits per heavy atom. The number of likely N-dealkylation sites (tertiary alicyclic amines) is 1. The molecule has 1 aliphatic heterocycles. The van der Waals surface area contributed by atoms with E-state index in [-0.39, 0.29) is 12.5 Å². The van der Waals surface area contributed by atoms with Gasteiger partial charge in [-0.2, -0.15) is 0 Å². The summed E-state index contributed by atoms with van der Waals surface area (Å²) < 4.78 is 66.6. The molecule has 21 heavy (non-hydrogen) atoms. The maximum Gasteiger partial charge on any atom is 0.200 e. The molecule has 0 saturated carbocycles. The smallest absolute Gasteiger partial charge is 0.200 e. The van der Waals surface area contributed by atoms with Gasteiger partial charge < -0.3 is 5.73 Å². The fourth-order valence-electron chi connectivity index (χ4n) is 2.69. The van der Waals surface area contributed by atoms with Gasteiger partial charge in [-0.3, -0.25) is 4.90 Å². The second-order valence-electron chi connectivity index (χ2n) is 5.55. The predicted molar refractivity (Wildman–Crippen MR) is 67.8 cm³/mol. The summed E-state index contributed by atoms with van der Waals surface area (Å²) in [7, 11) is 0. The molecular weight excluding hydrogens is 291 g/mol. The lowest BCUT2D eigenvalue weighted by Gasteiger charge is -2.36. The van der Waals surface area contributed by atoms with Crippen LogP contribution in [0.5, 0.6) is 0 Å². The van der Waals surface area contributed by atoms with Gasteiger partial charge in [0.1, 0.15) is 0 Å². The Labute approximate surface area is 119 Å². The van der Waals surface area contributed by atoms with Gasteiger partial charge >= 0.3 is 0 Å². The van der Waals surface area contributed by atoms with E-state index in [2.05, 4.69) is 0 Å². The van der Waals surface area contributed by atoms with E-state index in [4.69, 9.17) is 5.73 Å². The molecule has 2 nitrogen and oxygen atoms in total. The van der Waals surface area contributed by atoms with E-state index in [1.54, 1.807) is 4.90 Å². The molecule has 1 aliphatic rings. The highest BCUT2D eigenvalue weighted by Crippen LogP contribution is 2.27. The SMILES string of the molecule is CC1CCN(Cc2c(F)c(F)c(F)c(F)c2F)CC1CN. The zero-order valence-corrected chi connectivity index (χ0v) is 11.6. The quantitative estimate of drug-likeness (QED) is 0.528. The monoisotopic (exact) mass is 308 g/mol. The van der Waals surface area contributed by atoms with Crippen LogP contribution in [0, 0.1) is 40.9 Å². The molecule has 0 aliphatic carbocycles. The lowest BCUT2D eigenvalue weighted by atomic mass is 9.87. The first-order chi connectivity index (χ1) is 9.86. The van der Waals surface area contributed by atoms with E-state index < -0.39 is 34.6 Å². The topological polar surface area (TPSA) is 29.3 Å². The Morgan fingerprint density at radius 3 is 2.05 bits per heavy atom. The van der Waals surface area contributed by atoms with Crippen molar-refractivity contribution < 1.29 is 22.0 Å². The number of piperidine rings is 1. The molecule has 2 unspecified atom stereocenters. The first-order valence-electron chi connectivity index (χ1n) is 6.79. The average Bonchev–Trinajstić information content (AvgIpc) is 2.49. The molecule has 0 amide bonds. The third kappa shape index (κ3) is 3.03. The molecule has 1 aromatic rings. The molecule has 2 atom stereocenters. The van der Waals surface area contributed by atoms with Gasteiger partial charge in [-0.15, -0.1) is 0 Å². The predicted octanol–water partition coefficient (Wildman–Crippen LogP) is 2.80. The van der Waals surface area contributed by atoms with Gasteiger partial charge in [0.2, 0.25) is 5.82 Å². The molecule has 2 N–H and O–H groups in total. The standard InChI is InChI=1S/C14H17F5N2/c1-7-2-3-21(5-8(7)4-20)6-9-10(15)12(17)14(19)13(18)11(9)16/h7-8H,2-6,20H2,1H3. The second kappa shape index (κ2) is 6.27. The highest BCUT2D eigenvalue weighted by Gasteiger charge is 2.30. The third-order valence-electron chi connectivity index (χ3n) is 4.18. The van der Waals surface area contributed by atoms with Crippen molar-refractivity contribution in [3.63, 3.8) is 0 Å². The van der Waals surface area contributed by atoms with E-state index in [1.807, 2.05) is 6.92 Å². The number of benzene rings is 1. The molecule has 2 rings (SSSR count). The van der Waals surface area contributed by atoms with Crippen LogP contribution in [-0.4, -0.2) is 24.5 Å². The van der Waals surface area contributed by atoms with Gasteiger partial charge in [0, 0.05) is 18.7 Å². The lowest BCUT2D eigenvalue weighted by molar-refractivity contribution is 0.123. The number of halogens is 5. The van der Waals surface area contributed by atoms with E-state index in [0.29, 0.717) is 25.6 Å². The summed E-state index contributed by atoms with van der Waals surface area (Å²) in [6.45, 7) is 3.17. The van der Waals surface area contributed by atoms with Gasteiger partial charge in [0.25, 0.3) is 0 Å². The Balaban J connectivity index is 2.24. The summed E-state index contributed by atoms with van der Waals surface area (Å²) in [5.74, 6) is -8.90. The Hall–Kier alpha value is -1.21. The van der Waals surface area contributed by atoms with Crippen molar-refractivity contribution >= 4 is 0 Å². The van der Waals surface area contributed by atoms with Gasteiger partial charge in [-0.25, -0.2) is 22.0 Å². The molecule has 0 aromatic heterocycles. The van der Waals surface area contributed by atoms with Crippen LogP contribution in [0.2, 0.25) is 0 Å². The summed E-state index contributed by atoms with van der Waals surface area (Å²) in [5.41, 5.74) is 4.85. The van der Waals surface area contributed by atoms with Crippen LogP contribution >= 0.6 is 0 Å². The number of nitrogens with two attached hydrogens (primary N) is 1. The fourth-order valence-corrected chi connectivity index (χ4v) is 2.69. The van der Waals surface area contributed by atoms with Crippen molar-refractivity contribution in [3.8, 4) is 0 Å². The highest BCUT2D eigenvalue weighted by atomic mass is 19.2. The average molecular weight is 308 g/mol. The van der Waals surface area contributed by atoms with E-state index >= 15 is 0 Å². The third-order valence-corrected chi connectivity index (χ3v) is 4.18. The largest absolute Gasteiger partial charge is 0.330 e. The van der Waals surface area contributed by atoms with Crippen molar-refractivity contribution in [2.75, 3.05) is 19.6 Å². The van der Waals surface area contributed by atoms with Gasteiger partial charge in [0.05, 0.1) is 0 Å². The second-order valence-corrected chi connectivity index (χ2v) is 5.55. The van der Waals surface area contributed by atoms with E-state index in [0.717, 1.165) is 6.42 Å². The van der Waals surface area contributed by atoms with Crippen LogP contribution < -0.4 is 5.73 Å². The molecule has 0 radical (unpaired) electrons. The van der Waals surface area contributed by atoms with Crippen LogP contribution in [0.4, 0.5) is 22.0 Å². The molecule has 7 heteroatoms. The van der Waals surface area contributed by atoms with Crippen LogP contribution in [0.1, 0.15) is 18.9 Å². The van der Waals surface area contributed by atoms with Gasteiger partial charge in [-0.05, 0) is 31.3 Å². The zero-order chi connectivity index (χ0) is 15.7. The molecule has 0 spiro atoms.